The summed E-state index contributed by atoms with van der Waals surface area (Å²) in [5.74, 6) is 0. The minimum atomic E-state index is -0.365. The third-order valence-corrected chi connectivity index (χ3v) is 2.28. The molecule has 0 radical (unpaired) electrons. The van der Waals surface area contributed by atoms with Gasteiger partial charge >= 0.3 is 6.09 Å². The van der Waals surface area contributed by atoms with Crippen molar-refractivity contribution in [3.05, 3.63) is 34.9 Å². The van der Waals surface area contributed by atoms with Gasteiger partial charge in [-0.05, 0) is 37.5 Å². The molecule has 0 saturated carbocycles. The maximum Gasteiger partial charge on any atom is 0.407 e. The highest BCUT2D eigenvalue weighted by molar-refractivity contribution is 5.67. The van der Waals surface area contributed by atoms with Gasteiger partial charge in [-0.3, -0.25) is 0 Å². The summed E-state index contributed by atoms with van der Waals surface area (Å²) in [5, 5.41) is 2.69. The van der Waals surface area contributed by atoms with Crippen LogP contribution in [-0.4, -0.2) is 12.7 Å². The highest BCUT2D eigenvalue weighted by Gasteiger charge is 2.01. The molecule has 0 fully saturated rings. The van der Waals surface area contributed by atoms with Gasteiger partial charge in [-0.2, -0.15) is 0 Å². The van der Waals surface area contributed by atoms with Crippen molar-refractivity contribution in [2.45, 2.75) is 27.3 Å². The first kappa shape index (κ1) is 11.6. The first-order valence-electron chi connectivity index (χ1n) is 5.10. The lowest BCUT2D eigenvalue weighted by atomic mass is 10.1. The molecular formula is C12H17NO2. The highest BCUT2D eigenvalue weighted by atomic mass is 16.5. The molecule has 1 aromatic carbocycles. The maximum absolute atomic E-state index is 11.0. The molecule has 0 saturated heterocycles. The summed E-state index contributed by atoms with van der Waals surface area (Å²) in [6, 6.07) is 6.13. The molecule has 0 aliphatic rings. The Morgan fingerprint density at radius 2 is 2.07 bits per heavy atom. The SMILES string of the molecule is CCOC(=O)NCc1ccc(C)c(C)c1. The summed E-state index contributed by atoms with van der Waals surface area (Å²) in [6.07, 6.45) is -0.365. The Balaban J connectivity index is 2.51. The van der Waals surface area contributed by atoms with Crippen molar-refractivity contribution >= 4 is 6.09 Å². The van der Waals surface area contributed by atoms with Crippen molar-refractivity contribution in [3.8, 4) is 0 Å². The smallest absolute Gasteiger partial charge is 0.407 e. The number of hydrogen-bond donors (Lipinski definition) is 1. The molecule has 0 unspecified atom stereocenters. The van der Waals surface area contributed by atoms with E-state index in [1.807, 2.05) is 6.07 Å². The predicted molar refractivity (Wildman–Crippen MR) is 59.8 cm³/mol. The van der Waals surface area contributed by atoms with Crippen molar-refractivity contribution in [3.63, 3.8) is 0 Å². The van der Waals surface area contributed by atoms with Crippen LogP contribution < -0.4 is 5.32 Å². The van der Waals surface area contributed by atoms with E-state index >= 15 is 0 Å². The van der Waals surface area contributed by atoms with Crippen LogP contribution in [0.3, 0.4) is 0 Å². The second-order valence-corrected chi connectivity index (χ2v) is 3.49. The molecule has 0 aliphatic carbocycles. The van der Waals surface area contributed by atoms with Gasteiger partial charge in [0.1, 0.15) is 0 Å². The van der Waals surface area contributed by atoms with Gasteiger partial charge in [0, 0.05) is 6.54 Å². The summed E-state index contributed by atoms with van der Waals surface area (Å²) in [7, 11) is 0. The van der Waals surface area contributed by atoms with Gasteiger partial charge < -0.3 is 10.1 Å². The molecule has 3 nitrogen and oxygen atoms in total. The largest absolute Gasteiger partial charge is 0.450 e. The molecule has 0 heterocycles. The average molecular weight is 207 g/mol. The van der Waals surface area contributed by atoms with E-state index < -0.39 is 0 Å². The van der Waals surface area contributed by atoms with E-state index in [0.717, 1.165) is 5.56 Å². The summed E-state index contributed by atoms with van der Waals surface area (Å²) in [6.45, 7) is 6.83. The monoisotopic (exact) mass is 207 g/mol. The van der Waals surface area contributed by atoms with Gasteiger partial charge in [-0.1, -0.05) is 18.2 Å². The molecular weight excluding hydrogens is 190 g/mol. The second kappa shape index (κ2) is 5.39. The molecule has 1 amide bonds. The fraction of sp³-hybridized carbons (Fsp3) is 0.417. The number of benzene rings is 1. The summed E-state index contributed by atoms with van der Waals surface area (Å²) in [5.41, 5.74) is 3.58. The average Bonchev–Trinajstić information content (AvgIpc) is 2.20. The number of carbonyl (C=O) groups is 1. The lowest BCUT2D eigenvalue weighted by Gasteiger charge is -2.07. The van der Waals surface area contributed by atoms with Crippen molar-refractivity contribution in [1.82, 2.24) is 5.32 Å². The molecule has 82 valence electrons. The Kier molecular flexibility index (Phi) is 4.16. The number of aryl methyl sites for hydroxylation is 2. The lowest BCUT2D eigenvalue weighted by Crippen LogP contribution is -2.23. The van der Waals surface area contributed by atoms with Gasteiger partial charge in [0.05, 0.1) is 6.61 Å². The molecule has 0 spiro atoms. The fourth-order valence-electron chi connectivity index (χ4n) is 1.27. The van der Waals surface area contributed by atoms with Crippen molar-refractivity contribution in [2.75, 3.05) is 6.61 Å². The number of rotatable bonds is 3. The van der Waals surface area contributed by atoms with Crippen LogP contribution in [0.15, 0.2) is 18.2 Å². The van der Waals surface area contributed by atoms with E-state index in [0.29, 0.717) is 13.2 Å². The Morgan fingerprint density at radius 1 is 1.33 bits per heavy atom. The first-order valence-corrected chi connectivity index (χ1v) is 5.10. The van der Waals surface area contributed by atoms with Gasteiger partial charge in [0.2, 0.25) is 0 Å². The van der Waals surface area contributed by atoms with Gasteiger partial charge in [0.15, 0.2) is 0 Å². The van der Waals surface area contributed by atoms with E-state index in [1.165, 1.54) is 11.1 Å². The van der Waals surface area contributed by atoms with E-state index in [-0.39, 0.29) is 6.09 Å². The molecule has 3 heteroatoms. The van der Waals surface area contributed by atoms with Gasteiger partial charge in [-0.15, -0.1) is 0 Å². The normalized spacial score (nSPS) is 9.80. The van der Waals surface area contributed by atoms with Crippen LogP contribution >= 0.6 is 0 Å². The zero-order chi connectivity index (χ0) is 11.3. The second-order valence-electron chi connectivity index (χ2n) is 3.49. The van der Waals surface area contributed by atoms with Crippen LogP contribution in [0, 0.1) is 13.8 Å². The topological polar surface area (TPSA) is 38.3 Å². The van der Waals surface area contributed by atoms with Crippen molar-refractivity contribution in [1.29, 1.82) is 0 Å². The minimum absolute atomic E-state index is 0.365. The molecule has 0 bridgehead atoms. The van der Waals surface area contributed by atoms with Crippen LogP contribution in [0.4, 0.5) is 4.79 Å². The molecule has 15 heavy (non-hydrogen) atoms. The number of carbonyl (C=O) groups excluding carboxylic acids is 1. The third-order valence-electron chi connectivity index (χ3n) is 2.28. The van der Waals surface area contributed by atoms with Crippen LogP contribution in [0.2, 0.25) is 0 Å². The maximum atomic E-state index is 11.0. The number of hydrogen-bond acceptors (Lipinski definition) is 2. The van der Waals surface area contributed by atoms with Gasteiger partial charge in [-0.25, -0.2) is 4.79 Å². The Hall–Kier alpha value is -1.51. The molecule has 1 N–H and O–H groups in total. The number of amides is 1. The third kappa shape index (κ3) is 3.62. The van der Waals surface area contributed by atoms with Crippen LogP contribution in [0.1, 0.15) is 23.6 Å². The summed E-state index contributed by atoms with van der Waals surface area (Å²) < 4.78 is 4.77. The minimum Gasteiger partial charge on any atom is -0.450 e. The summed E-state index contributed by atoms with van der Waals surface area (Å²) in [4.78, 5) is 11.0. The predicted octanol–water partition coefficient (Wildman–Crippen LogP) is 2.55. The van der Waals surface area contributed by atoms with E-state index in [9.17, 15) is 4.79 Å². The molecule has 0 aromatic heterocycles. The molecule has 1 aromatic rings. The molecule has 0 aliphatic heterocycles. The fourth-order valence-corrected chi connectivity index (χ4v) is 1.27. The van der Waals surface area contributed by atoms with E-state index in [1.54, 1.807) is 6.92 Å². The Bertz CT molecular complexity index is 347. The number of nitrogens with one attached hydrogen (secondary N) is 1. The quantitative estimate of drug-likeness (QED) is 0.827. The zero-order valence-corrected chi connectivity index (χ0v) is 9.46. The molecule has 0 atom stereocenters. The van der Waals surface area contributed by atoms with Crippen molar-refractivity contribution < 1.29 is 9.53 Å². The number of ether oxygens (including phenoxy) is 1. The Morgan fingerprint density at radius 3 is 2.67 bits per heavy atom. The van der Waals surface area contributed by atoms with Gasteiger partial charge in [0.25, 0.3) is 0 Å². The molecule has 1 rings (SSSR count). The highest BCUT2D eigenvalue weighted by Crippen LogP contribution is 2.09. The first-order chi connectivity index (χ1) is 7.13. The van der Waals surface area contributed by atoms with Crippen LogP contribution in [-0.2, 0) is 11.3 Å². The standard InChI is InChI=1S/C12H17NO2/c1-4-15-12(14)13-8-11-6-5-9(2)10(3)7-11/h5-7H,4,8H2,1-3H3,(H,13,14). The summed E-state index contributed by atoms with van der Waals surface area (Å²) >= 11 is 0. The van der Waals surface area contributed by atoms with E-state index in [2.05, 4.69) is 31.3 Å². The zero-order valence-electron chi connectivity index (χ0n) is 9.46. The van der Waals surface area contributed by atoms with E-state index in [4.69, 9.17) is 4.74 Å². The lowest BCUT2D eigenvalue weighted by molar-refractivity contribution is 0.151. The number of alkyl carbamates (subject to hydrolysis) is 1. The van der Waals surface area contributed by atoms with Crippen LogP contribution in [0.25, 0.3) is 0 Å². The Labute approximate surface area is 90.4 Å². The van der Waals surface area contributed by atoms with Crippen LogP contribution in [0.5, 0.6) is 0 Å². The van der Waals surface area contributed by atoms with Crippen molar-refractivity contribution in [2.24, 2.45) is 0 Å².